The van der Waals surface area contributed by atoms with Crippen LogP contribution in [0.25, 0.3) is 0 Å². The van der Waals surface area contributed by atoms with Crippen molar-refractivity contribution in [2.45, 2.75) is 50.0 Å². The molecule has 5 nitrogen and oxygen atoms in total. The topological polar surface area (TPSA) is 64.1 Å². The minimum atomic E-state index is -0.563. The fourth-order valence-electron chi connectivity index (χ4n) is 2.05. The van der Waals surface area contributed by atoms with Gasteiger partial charge >= 0.3 is 0 Å². The third kappa shape index (κ3) is 4.95. The van der Waals surface area contributed by atoms with E-state index in [4.69, 9.17) is 4.74 Å². The lowest BCUT2D eigenvalue weighted by atomic mass is 9.87. The van der Waals surface area contributed by atoms with Crippen molar-refractivity contribution in [1.29, 1.82) is 0 Å². The van der Waals surface area contributed by atoms with E-state index in [9.17, 15) is 4.79 Å². The Morgan fingerprint density at radius 2 is 1.96 bits per heavy atom. The van der Waals surface area contributed by atoms with Crippen molar-refractivity contribution in [2.75, 3.05) is 11.6 Å². The first kappa shape index (κ1) is 18.7. The van der Waals surface area contributed by atoms with Crippen molar-refractivity contribution in [2.24, 2.45) is 0 Å². The second-order valence-electron chi connectivity index (χ2n) is 6.36. The molecule has 0 saturated carbocycles. The molecular formula is C17H23N3O2S2. The Morgan fingerprint density at radius 3 is 2.46 bits per heavy atom. The van der Waals surface area contributed by atoms with E-state index >= 15 is 0 Å². The highest BCUT2D eigenvalue weighted by Gasteiger charge is 2.20. The minimum Gasteiger partial charge on any atom is -0.481 e. The van der Waals surface area contributed by atoms with Gasteiger partial charge in [0.2, 0.25) is 5.13 Å². The van der Waals surface area contributed by atoms with Crippen LogP contribution in [0.5, 0.6) is 5.75 Å². The van der Waals surface area contributed by atoms with Gasteiger partial charge in [0.05, 0.1) is 0 Å². The molecule has 0 bridgehead atoms. The molecule has 1 aromatic heterocycles. The molecular weight excluding hydrogens is 342 g/mol. The largest absolute Gasteiger partial charge is 0.481 e. The van der Waals surface area contributed by atoms with Crippen LogP contribution in [0.3, 0.4) is 0 Å². The van der Waals surface area contributed by atoms with E-state index in [1.165, 1.54) is 28.7 Å². The van der Waals surface area contributed by atoms with Crippen LogP contribution >= 0.6 is 23.1 Å². The van der Waals surface area contributed by atoms with Crippen molar-refractivity contribution in [3.8, 4) is 5.75 Å². The van der Waals surface area contributed by atoms with Crippen molar-refractivity contribution >= 4 is 34.1 Å². The summed E-state index contributed by atoms with van der Waals surface area (Å²) in [6.45, 7) is 8.41. The second-order valence-corrected chi connectivity index (χ2v) is 8.39. The molecule has 0 aliphatic rings. The van der Waals surface area contributed by atoms with Crippen LogP contribution < -0.4 is 10.1 Å². The highest BCUT2D eigenvalue weighted by atomic mass is 32.2. The van der Waals surface area contributed by atoms with E-state index < -0.39 is 6.10 Å². The zero-order valence-electron chi connectivity index (χ0n) is 14.6. The molecule has 1 amide bonds. The first-order valence-electron chi connectivity index (χ1n) is 7.79. The molecule has 130 valence electrons. The van der Waals surface area contributed by atoms with Gasteiger partial charge in [0.15, 0.2) is 10.4 Å². The quantitative estimate of drug-likeness (QED) is 0.609. The Hall–Kier alpha value is -1.60. The smallest absolute Gasteiger partial charge is 0.267 e. The molecule has 1 N–H and O–H groups in total. The van der Waals surface area contributed by atoms with Gasteiger partial charge in [-0.25, -0.2) is 0 Å². The predicted molar refractivity (Wildman–Crippen MR) is 100 cm³/mol. The van der Waals surface area contributed by atoms with Gasteiger partial charge in [-0.05, 0) is 35.8 Å². The second kappa shape index (κ2) is 7.98. The van der Waals surface area contributed by atoms with Crippen molar-refractivity contribution in [3.63, 3.8) is 0 Å². The molecule has 0 aliphatic carbocycles. The lowest BCUT2D eigenvalue weighted by molar-refractivity contribution is -0.122. The summed E-state index contributed by atoms with van der Waals surface area (Å²) >= 11 is 2.85. The number of carbonyl (C=O) groups is 1. The summed E-state index contributed by atoms with van der Waals surface area (Å²) < 4.78 is 6.65. The Kier molecular flexibility index (Phi) is 6.23. The van der Waals surface area contributed by atoms with Gasteiger partial charge in [-0.15, -0.1) is 10.2 Å². The average molecular weight is 366 g/mol. The van der Waals surface area contributed by atoms with Gasteiger partial charge in [-0.3, -0.25) is 10.1 Å². The van der Waals surface area contributed by atoms with Crippen LogP contribution in [0, 0.1) is 0 Å². The number of rotatable bonds is 6. The van der Waals surface area contributed by atoms with E-state index in [0.717, 1.165) is 4.34 Å². The molecule has 7 heteroatoms. The maximum atomic E-state index is 12.4. The molecule has 0 fully saturated rings. The van der Waals surface area contributed by atoms with Crippen molar-refractivity contribution in [3.05, 3.63) is 29.8 Å². The standard InChI is InChI=1S/C17H23N3O2S2/c1-6-13(14(21)18-15-19-20-16(23-5)24-15)22-12-9-7-11(8-10-12)17(2,3)4/h7-10,13H,6H2,1-5H3,(H,18,19,21). The van der Waals surface area contributed by atoms with E-state index in [1.807, 2.05) is 37.4 Å². The van der Waals surface area contributed by atoms with Gasteiger partial charge in [0.25, 0.3) is 5.91 Å². The lowest BCUT2D eigenvalue weighted by Gasteiger charge is -2.20. The van der Waals surface area contributed by atoms with Gasteiger partial charge in [-0.1, -0.05) is 62.9 Å². The number of anilines is 1. The first-order chi connectivity index (χ1) is 11.3. The number of nitrogens with zero attached hydrogens (tertiary/aromatic N) is 2. The molecule has 24 heavy (non-hydrogen) atoms. The number of hydrogen-bond acceptors (Lipinski definition) is 6. The highest BCUT2D eigenvalue weighted by molar-refractivity contribution is 8.00. The highest BCUT2D eigenvalue weighted by Crippen LogP contribution is 2.26. The monoisotopic (exact) mass is 365 g/mol. The fraction of sp³-hybridized carbons (Fsp3) is 0.471. The Balaban J connectivity index is 2.01. The molecule has 1 unspecified atom stereocenters. The Morgan fingerprint density at radius 1 is 1.29 bits per heavy atom. The maximum absolute atomic E-state index is 12.4. The molecule has 0 saturated heterocycles. The number of aromatic nitrogens is 2. The number of hydrogen-bond donors (Lipinski definition) is 1. The van der Waals surface area contributed by atoms with Crippen LogP contribution in [0.1, 0.15) is 39.7 Å². The molecule has 1 aromatic carbocycles. The van der Waals surface area contributed by atoms with Gasteiger partial charge in [0.1, 0.15) is 5.75 Å². The normalized spacial score (nSPS) is 12.7. The van der Waals surface area contributed by atoms with Crippen LogP contribution in [-0.2, 0) is 10.2 Å². The number of nitrogens with one attached hydrogen (secondary N) is 1. The van der Waals surface area contributed by atoms with E-state index in [-0.39, 0.29) is 11.3 Å². The average Bonchev–Trinajstić information content (AvgIpc) is 2.99. The van der Waals surface area contributed by atoms with E-state index in [2.05, 4.69) is 36.3 Å². The summed E-state index contributed by atoms with van der Waals surface area (Å²) in [5.41, 5.74) is 1.32. The van der Waals surface area contributed by atoms with Crippen LogP contribution in [0.2, 0.25) is 0 Å². The number of ether oxygens (including phenoxy) is 1. The fourth-order valence-corrected chi connectivity index (χ4v) is 3.22. The summed E-state index contributed by atoms with van der Waals surface area (Å²) in [7, 11) is 0. The molecule has 0 radical (unpaired) electrons. The number of benzene rings is 1. The molecule has 0 spiro atoms. The third-order valence-corrected chi connectivity index (χ3v) is 5.29. The summed E-state index contributed by atoms with van der Waals surface area (Å²) in [4.78, 5) is 12.4. The van der Waals surface area contributed by atoms with Crippen LogP contribution in [0.15, 0.2) is 28.6 Å². The predicted octanol–water partition coefficient (Wildman–Crippen LogP) is 4.35. The Labute approximate surface area is 151 Å². The van der Waals surface area contributed by atoms with Gasteiger partial charge in [-0.2, -0.15) is 0 Å². The lowest BCUT2D eigenvalue weighted by Crippen LogP contribution is -2.32. The van der Waals surface area contributed by atoms with Crippen molar-refractivity contribution in [1.82, 2.24) is 10.2 Å². The zero-order valence-corrected chi connectivity index (χ0v) is 16.3. The first-order valence-corrected chi connectivity index (χ1v) is 9.83. The molecule has 2 aromatic rings. The number of amides is 1. The molecule has 1 atom stereocenters. The van der Waals surface area contributed by atoms with Crippen LogP contribution in [0.4, 0.5) is 5.13 Å². The number of carbonyl (C=O) groups excluding carboxylic acids is 1. The van der Waals surface area contributed by atoms with E-state index in [1.54, 1.807) is 0 Å². The minimum absolute atomic E-state index is 0.0902. The van der Waals surface area contributed by atoms with Crippen LogP contribution in [-0.4, -0.2) is 28.5 Å². The van der Waals surface area contributed by atoms with Gasteiger partial charge in [0, 0.05) is 0 Å². The molecule has 2 rings (SSSR count). The number of thioether (sulfide) groups is 1. The maximum Gasteiger partial charge on any atom is 0.267 e. The molecule has 0 aliphatic heterocycles. The molecule has 1 heterocycles. The summed E-state index contributed by atoms with van der Waals surface area (Å²) in [5.74, 6) is 0.480. The zero-order chi connectivity index (χ0) is 17.7. The third-order valence-electron chi connectivity index (χ3n) is 3.47. The Bertz CT molecular complexity index is 678. The van der Waals surface area contributed by atoms with E-state index in [0.29, 0.717) is 17.3 Å². The summed E-state index contributed by atoms with van der Waals surface area (Å²) in [6, 6.07) is 7.89. The van der Waals surface area contributed by atoms with Crippen molar-refractivity contribution < 1.29 is 9.53 Å². The summed E-state index contributed by atoms with van der Waals surface area (Å²) in [6.07, 6.45) is 1.93. The van der Waals surface area contributed by atoms with Gasteiger partial charge < -0.3 is 4.74 Å². The SMILES string of the molecule is CCC(Oc1ccc(C(C)(C)C)cc1)C(=O)Nc1nnc(SC)s1. The summed E-state index contributed by atoms with van der Waals surface area (Å²) in [5, 5.41) is 11.2.